The summed E-state index contributed by atoms with van der Waals surface area (Å²) in [5.41, 5.74) is 1.95. The standard InChI is InChI=1S/C14H10Cl4/c15-10-3-1-9(2-4-10)7-14(18)12-8-11(16)5-6-13(12)17/h1-6,8,14H,7H2. The van der Waals surface area contributed by atoms with Gasteiger partial charge in [0.1, 0.15) is 0 Å². The maximum Gasteiger partial charge on any atom is 0.0640 e. The summed E-state index contributed by atoms with van der Waals surface area (Å²) in [6.45, 7) is 0. The SMILES string of the molecule is Clc1ccc(CC(Cl)c2cc(Cl)ccc2Cl)cc1. The number of alkyl halides is 1. The molecular weight excluding hydrogens is 310 g/mol. The zero-order chi connectivity index (χ0) is 13.1. The Bertz CT molecular complexity index is 534. The third-order valence-corrected chi connectivity index (χ3v) is 3.84. The maximum atomic E-state index is 6.38. The first-order valence-corrected chi connectivity index (χ1v) is 6.97. The number of hydrogen-bond donors (Lipinski definition) is 0. The van der Waals surface area contributed by atoms with Gasteiger partial charge in [0.05, 0.1) is 5.38 Å². The summed E-state index contributed by atoms with van der Waals surface area (Å²) >= 11 is 24.3. The summed E-state index contributed by atoms with van der Waals surface area (Å²) < 4.78 is 0. The lowest BCUT2D eigenvalue weighted by Gasteiger charge is -2.12. The summed E-state index contributed by atoms with van der Waals surface area (Å²) in [5.74, 6) is 0. The zero-order valence-electron chi connectivity index (χ0n) is 9.34. The van der Waals surface area contributed by atoms with Crippen molar-refractivity contribution in [1.82, 2.24) is 0 Å². The van der Waals surface area contributed by atoms with Crippen LogP contribution in [0.5, 0.6) is 0 Å². The smallest absolute Gasteiger partial charge is 0.0640 e. The van der Waals surface area contributed by atoms with E-state index in [4.69, 9.17) is 46.4 Å². The van der Waals surface area contributed by atoms with Crippen molar-refractivity contribution in [2.75, 3.05) is 0 Å². The molecule has 0 saturated heterocycles. The van der Waals surface area contributed by atoms with Crippen LogP contribution in [0, 0.1) is 0 Å². The molecular formula is C14H10Cl4. The van der Waals surface area contributed by atoms with E-state index in [1.165, 1.54) is 0 Å². The van der Waals surface area contributed by atoms with Crippen molar-refractivity contribution < 1.29 is 0 Å². The number of benzene rings is 2. The lowest BCUT2D eigenvalue weighted by molar-refractivity contribution is 0.920. The second kappa shape index (κ2) is 6.16. The van der Waals surface area contributed by atoms with E-state index < -0.39 is 0 Å². The molecule has 1 atom stereocenters. The summed E-state index contributed by atoms with van der Waals surface area (Å²) in [5, 5.41) is 1.77. The van der Waals surface area contributed by atoms with Gasteiger partial charge in [0.15, 0.2) is 0 Å². The van der Waals surface area contributed by atoms with Crippen molar-refractivity contribution in [3.63, 3.8) is 0 Å². The van der Waals surface area contributed by atoms with E-state index in [1.807, 2.05) is 24.3 Å². The van der Waals surface area contributed by atoms with Crippen molar-refractivity contribution in [3.05, 3.63) is 68.7 Å². The van der Waals surface area contributed by atoms with E-state index in [9.17, 15) is 0 Å². The molecule has 0 amide bonds. The lowest BCUT2D eigenvalue weighted by atomic mass is 10.0. The third kappa shape index (κ3) is 3.55. The highest BCUT2D eigenvalue weighted by Gasteiger charge is 2.13. The molecule has 0 bridgehead atoms. The topological polar surface area (TPSA) is 0 Å². The van der Waals surface area contributed by atoms with E-state index in [0.717, 1.165) is 11.1 Å². The first-order chi connectivity index (χ1) is 8.56. The van der Waals surface area contributed by atoms with Crippen molar-refractivity contribution in [3.8, 4) is 0 Å². The molecule has 0 radical (unpaired) electrons. The fraction of sp³-hybridized carbons (Fsp3) is 0.143. The molecule has 2 aromatic carbocycles. The molecule has 1 unspecified atom stereocenters. The van der Waals surface area contributed by atoms with Crippen LogP contribution in [0.3, 0.4) is 0 Å². The van der Waals surface area contributed by atoms with Gasteiger partial charge in [-0.2, -0.15) is 0 Å². The summed E-state index contributed by atoms with van der Waals surface area (Å²) in [7, 11) is 0. The Labute approximate surface area is 126 Å². The van der Waals surface area contributed by atoms with E-state index in [0.29, 0.717) is 21.5 Å². The highest BCUT2D eigenvalue weighted by Crippen LogP contribution is 2.32. The van der Waals surface area contributed by atoms with Crippen LogP contribution >= 0.6 is 46.4 Å². The average molecular weight is 320 g/mol. The molecule has 0 nitrogen and oxygen atoms in total. The quantitative estimate of drug-likeness (QED) is 0.593. The number of rotatable bonds is 3. The molecule has 0 N–H and O–H groups in total. The molecule has 18 heavy (non-hydrogen) atoms. The van der Waals surface area contributed by atoms with Crippen LogP contribution in [-0.4, -0.2) is 0 Å². The molecule has 2 rings (SSSR count). The molecule has 0 spiro atoms. The summed E-state index contributed by atoms with van der Waals surface area (Å²) in [6, 6.07) is 12.9. The molecule has 0 aromatic heterocycles. The monoisotopic (exact) mass is 318 g/mol. The summed E-state index contributed by atoms with van der Waals surface area (Å²) in [6.07, 6.45) is 0.679. The average Bonchev–Trinajstić information content (AvgIpc) is 2.35. The molecule has 0 aliphatic rings. The largest absolute Gasteiger partial charge is 0.117 e. The number of hydrogen-bond acceptors (Lipinski definition) is 0. The van der Waals surface area contributed by atoms with E-state index >= 15 is 0 Å². The second-order valence-corrected chi connectivity index (χ2v) is 5.77. The maximum absolute atomic E-state index is 6.38. The highest BCUT2D eigenvalue weighted by molar-refractivity contribution is 6.34. The van der Waals surface area contributed by atoms with E-state index in [2.05, 4.69) is 0 Å². The minimum Gasteiger partial charge on any atom is -0.117 e. The van der Waals surface area contributed by atoms with Gasteiger partial charge in [0, 0.05) is 15.1 Å². The fourth-order valence-electron chi connectivity index (χ4n) is 1.69. The predicted octanol–water partition coefficient (Wildman–Crippen LogP) is 6.17. The van der Waals surface area contributed by atoms with Gasteiger partial charge in [0.25, 0.3) is 0 Å². The van der Waals surface area contributed by atoms with Gasteiger partial charge in [-0.1, -0.05) is 46.9 Å². The van der Waals surface area contributed by atoms with Gasteiger partial charge in [-0.25, -0.2) is 0 Å². The van der Waals surface area contributed by atoms with Crippen molar-refractivity contribution in [1.29, 1.82) is 0 Å². The Kier molecular flexibility index (Phi) is 4.80. The lowest BCUT2D eigenvalue weighted by Crippen LogP contribution is -1.97. The van der Waals surface area contributed by atoms with Crippen molar-refractivity contribution in [2.45, 2.75) is 11.8 Å². The normalized spacial score (nSPS) is 12.4. The Morgan fingerprint density at radius 3 is 2.11 bits per heavy atom. The van der Waals surface area contributed by atoms with Gasteiger partial charge < -0.3 is 0 Å². The van der Waals surface area contributed by atoms with E-state index in [-0.39, 0.29) is 5.38 Å². The molecule has 4 heteroatoms. The third-order valence-electron chi connectivity index (χ3n) is 2.62. The van der Waals surface area contributed by atoms with Gasteiger partial charge in [-0.05, 0) is 47.9 Å². The fourth-order valence-corrected chi connectivity index (χ4v) is 2.66. The van der Waals surface area contributed by atoms with Gasteiger partial charge >= 0.3 is 0 Å². The Morgan fingerprint density at radius 1 is 0.833 bits per heavy atom. The minimum absolute atomic E-state index is 0.211. The molecule has 2 aromatic rings. The minimum atomic E-state index is -0.211. The molecule has 94 valence electrons. The number of halogens is 4. The molecule has 0 heterocycles. The Morgan fingerprint density at radius 2 is 1.44 bits per heavy atom. The predicted molar refractivity (Wildman–Crippen MR) is 80.2 cm³/mol. The first kappa shape index (κ1) is 14.0. The van der Waals surface area contributed by atoms with Gasteiger partial charge in [-0.3, -0.25) is 0 Å². The molecule has 0 aliphatic heterocycles. The Hall–Kier alpha value is -0.400. The molecule has 0 saturated carbocycles. The van der Waals surface area contributed by atoms with Gasteiger partial charge in [0.2, 0.25) is 0 Å². The van der Waals surface area contributed by atoms with Crippen LogP contribution < -0.4 is 0 Å². The van der Waals surface area contributed by atoms with Crippen LogP contribution in [-0.2, 0) is 6.42 Å². The van der Waals surface area contributed by atoms with Crippen molar-refractivity contribution in [2.24, 2.45) is 0 Å². The summed E-state index contributed by atoms with van der Waals surface area (Å²) in [4.78, 5) is 0. The van der Waals surface area contributed by atoms with Crippen LogP contribution in [0.25, 0.3) is 0 Å². The van der Waals surface area contributed by atoms with Crippen LogP contribution in [0.4, 0.5) is 0 Å². The molecule has 0 aliphatic carbocycles. The van der Waals surface area contributed by atoms with Crippen LogP contribution in [0.2, 0.25) is 15.1 Å². The second-order valence-electron chi connectivity index (χ2n) is 3.96. The zero-order valence-corrected chi connectivity index (χ0v) is 12.4. The first-order valence-electron chi connectivity index (χ1n) is 5.40. The van der Waals surface area contributed by atoms with Crippen LogP contribution in [0.15, 0.2) is 42.5 Å². The highest BCUT2D eigenvalue weighted by atomic mass is 35.5. The Balaban J connectivity index is 2.18. The van der Waals surface area contributed by atoms with Gasteiger partial charge in [-0.15, -0.1) is 11.6 Å². The molecule has 0 fully saturated rings. The van der Waals surface area contributed by atoms with E-state index in [1.54, 1.807) is 18.2 Å². The van der Waals surface area contributed by atoms with Crippen LogP contribution in [0.1, 0.15) is 16.5 Å². The van der Waals surface area contributed by atoms with Crippen molar-refractivity contribution >= 4 is 46.4 Å².